The molecule has 1 aliphatic heterocycles. The number of likely N-dealkylation sites (tertiary alicyclic amines) is 1. The van der Waals surface area contributed by atoms with Crippen LogP contribution in [0.15, 0.2) is 42.5 Å². The summed E-state index contributed by atoms with van der Waals surface area (Å²) in [6.45, 7) is 2.44. The van der Waals surface area contributed by atoms with E-state index in [4.69, 9.17) is 15.9 Å². The third kappa shape index (κ3) is 5.14. The van der Waals surface area contributed by atoms with Crippen LogP contribution in [0.3, 0.4) is 0 Å². The lowest BCUT2D eigenvalue weighted by Crippen LogP contribution is -2.49. The summed E-state index contributed by atoms with van der Waals surface area (Å²) in [5.74, 6) is 4.16. The first-order valence-electron chi connectivity index (χ1n) is 10.3. The molecule has 1 atom stereocenters. The van der Waals surface area contributed by atoms with E-state index in [0.717, 1.165) is 56.0 Å². The molecule has 2 aromatic rings. The van der Waals surface area contributed by atoms with E-state index in [9.17, 15) is 4.79 Å². The Kier molecular flexibility index (Phi) is 7.37. The van der Waals surface area contributed by atoms with Gasteiger partial charge in [-0.3, -0.25) is 4.79 Å². The second kappa shape index (κ2) is 10.2. The Morgan fingerprint density at radius 3 is 2.73 bits per heavy atom. The lowest BCUT2D eigenvalue weighted by atomic mass is 10.0. The standard InChI is InChI=1S/C25H30N2O3/c1-5-19-8-6-9-21(16-19)25(28)27-14-7-10-22(18-27)26(2)15-13-20-11-12-23(29-3)24(17-20)30-4/h1,6,8-9,11-12,16-17,22H,7,10,13-15,18H2,2-4H3/t22-/m0/s1. The number of carbonyl (C=O) groups is 1. The first-order valence-corrected chi connectivity index (χ1v) is 10.3. The number of terminal acetylenes is 1. The number of amides is 1. The number of rotatable bonds is 7. The first kappa shape index (κ1) is 21.7. The Hall–Kier alpha value is -2.97. The summed E-state index contributed by atoms with van der Waals surface area (Å²) in [6.07, 6.45) is 8.49. The largest absolute Gasteiger partial charge is 0.493 e. The van der Waals surface area contributed by atoms with Crippen molar-refractivity contribution in [2.24, 2.45) is 0 Å². The highest BCUT2D eigenvalue weighted by atomic mass is 16.5. The maximum atomic E-state index is 13.0. The van der Waals surface area contributed by atoms with Gasteiger partial charge in [-0.1, -0.05) is 18.1 Å². The van der Waals surface area contributed by atoms with Gasteiger partial charge in [0.05, 0.1) is 14.2 Å². The molecule has 1 heterocycles. The maximum Gasteiger partial charge on any atom is 0.253 e. The third-order valence-corrected chi connectivity index (χ3v) is 5.78. The number of carbonyl (C=O) groups excluding carboxylic acids is 1. The Morgan fingerprint density at radius 1 is 1.20 bits per heavy atom. The quantitative estimate of drug-likeness (QED) is 0.661. The molecule has 5 heteroatoms. The minimum Gasteiger partial charge on any atom is -0.493 e. The highest BCUT2D eigenvalue weighted by Crippen LogP contribution is 2.28. The van der Waals surface area contributed by atoms with Gasteiger partial charge in [-0.15, -0.1) is 6.42 Å². The van der Waals surface area contributed by atoms with Gasteiger partial charge < -0.3 is 19.3 Å². The number of ether oxygens (including phenoxy) is 2. The van der Waals surface area contributed by atoms with Crippen molar-refractivity contribution >= 4 is 5.91 Å². The lowest BCUT2D eigenvalue weighted by Gasteiger charge is -2.37. The van der Waals surface area contributed by atoms with E-state index in [1.165, 1.54) is 5.56 Å². The maximum absolute atomic E-state index is 13.0. The van der Waals surface area contributed by atoms with E-state index < -0.39 is 0 Å². The zero-order valence-corrected chi connectivity index (χ0v) is 18.1. The van der Waals surface area contributed by atoms with Crippen molar-refractivity contribution in [2.45, 2.75) is 25.3 Å². The molecule has 5 nitrogen and oxygen atoms in total. The third-order valence-electron chi connectivity index (χ3n) is 5.78. The molecule has 1 aliphatic rings. The predicted octanol–water partition coefficient (Wildman–Crippen LogP) is 3.46. The van der Waals surface area contributed by atoms with Crippen LogP contribution in [0.4, 0.5) is 0 Å². The zero-order valence-electron chi connectivity index (χ0n) is 18.1. The highest BCUT2D eigenvalue weighted by Gasteiger charge is 2.26. The molecule has 1 amide bonds. The number of hydrogen-bond acceptors (Lipinski definition) is 4. The first-order chi connectivity index (χ1) is 14.5. The van der Waals surface area contributed by atoms with E-state index in [1.54, 1.807) is 20.3 Å². The van der Waals surface area contributed by atoms with Crippen LogP contribution in [0, 0.1) is 12.3 Å². The Morgan fingerprint density at radius 2 is 2.00 bits per heavy atom. The van der Waals surface area contributed by atoms with Gasteiger partial charge in [0.1, 0.15) is 0 Å². The molecule has 30 heavy (non-hydrogen) atoms. The molecule has 0 aromatic heterocycles. The second-order valence-corrected chi connectivity index (χ2v) is 7.69. The van der Waals surface area contributed by atoms with Crippen molar-refractivity contribution in [1.29, 1.82) is 0 Å². The molecule has 1 saturated heterocycles. The molecule has 0 N–H and O–H groups in total. The van der Waals surface area contributed by atoms with E-state index in [2.05, 4.69) is 23.9 Å². The van der Waals surface area contributed by atoms with Crippen molar-refractivity contribution in [3.63, 3.8) is 0 Å². The van der Waals surface area contributed by atoms with Gasteiger partial charge in [0, 0.05) is 36.8 Å². The van der Waals surface area contributed by atoms with Crippen LogP contribution in [0.2, 0.25) is 0 Å². The Bertz CT molecular complexity index is 919. The fraction of sp³-hybridized carbons (Fsp3) is 0.400. The average Bonchev–Trinajstić information content (AvgIpc) is 2.81. The molecule has 3 rings (SSSR count). The van der Waals surface area contributed by atoms with E-state index in [-0.39, 0.29) is 5.91 Å². The minimum atomic E-state index is 0.0603. The number of likely N-dealkylation sites (N-methyl/N-ethyl adjacent to an activating group) is 1. The SMILES string of the molecule is C#Cc1cccc(C(=O)N2CCC[C@H](N(C)CCc3ccc(OC)c(OC)c3)C2)c1. The van der Waals surface area contributed by atoms with Crippen LogP contribution in [0.1, 0.15) is 34.3 Å². The summed E-state index contributed by atoms with van der Waals surface area (Å²) in [5.41, 5.74) is 2.61. The summed E-state index contributed by atoms with van der Waals surface area (Å²) < 4.78 is 10.7. The molecule has 0 aliphatic carbocycles. The van der Waals surface area contributed by atoms with Crippen molar-refractivity contribution in [1.82, 2.24) is 9.80 Å². The molecule has 2 aromatic carbocycles. The van der Waals surface area contributed by atoms with Crippen molar-refractivity contribution in [3.8, 4) is 23.8 Å². The van der Waals surface area contributed by atoms with Crippen molar-refractivity contribution < 1.29 is 14.3 Å². The average molecular weight is 407 g/mol. The summed E-state index contributed by atoms with van der Waals surface area (Å²) in [4.78, 5) is 17.3. The van der Waals surface area contributed by atoms with Gasteiger partial charge in [-0.2, -0.15) is 0 Å². The topological polar surface area (TPSA) is 42.0 Å². The summed E-state index contributed by atoms with van der Waals surface area (Å²) >= 11 is 0. The van der Waals surface area contributed by atoms with Crippen molar-refractivity contribution in [3.05, 3.63) is 59.2 Å². The summed E-state index contributed by atoms with van der Waals surface area (Å²) in [5, 5.41) is 0. The van der Waals surface area contributed by atoms with Gasteiger partial charge in [-0.25, -0.2) is 0 Å². The fourth-order valence-electron chi connectivity index (χ4n) is 3.95. The van der Waals surface area contributed by atoms with Crippen LogP contribution in [0.5, 0.6) is 11.5 Å². The number of benzene rings is 2. The lowest BCUT2D eigenvalue weighted by molar-refractivity contribution is 0.0611. The zero-order chi connectivity index (χ0) is 21.5. The van der Waals surface area contributed by atoms with Crippen LogP contribution >= 0.6 is 0 Å². The normalized spacial score (nSPS) is 16.2. The number of piperidine rings is 1. The summed E-state index contributed by atoms with van der Waals surface area (Å²) in [7, 11) is 5.43. The monoisotopic (exact) mass is 406 g/mol. The highest BCUT2D eigenvalue weighted by molar-refractivity contribution is 5.94. The molecular weight excluding hydrogens is 376 g/mol. The second-order valence-electron chi connectivity index (χ2n) is 7.69. The number of methoxy groups -OCH3 is 2. The van der Waals surface area contributed by atoms with Crippen LogP contribution in [0.25, 0.3) is 0 Å². The van der Waals surface area contributed by atoms with Crippen LogP contribution in [-0.4, -0.2) is 62.7 Å². The Balaban J connectivity index is 1.59. The molecular formula is C25H30N2O3. The van der Waals surface area contributed by atoms with Gasteiger partial charge in [0.25, 0.3) is 5.91 Å². The van der Waals surface area contributed by atoms with E-state index in [0.29, 0.717) is 11.6 Å². The van der Waals surface area contributed by atoms with Crippen molar-refractivity contribution in [2.75, 3.05) is 40.9 Å². The Labute approximate surface area is 179 Å². The van der Waals surface area contributed by atoms with Crippen LogP contribution in [-0.2, 0) is 6.42 Å². The van der Waals surface area contributed by atoms with Crippen LogP contribution < -0.4 is 9.47 Å². The molecule has 158 valence electrons. The van der Waals surface area contributed by atoms with Gasteiger partial charge in [0.15, 0.2) is 11.5 Å². The van der Waals surface area contributed by atoms with E-state index >= 15 is 0 Å². The predicted molar refractivity (Wildman–Crippen MR) is 119 cm³/mol. The minimum absolute atomic E-state index is 0.0603. The molecule has 0 radical (unpaired) electrons. The van der Waals surface area contributed by atoms with E-state index in [1.807, 2.05) is 35.2 Å². The van der Waals surface area contributed by atoms with Gasteiger partial charge in [0.2, 0.25) is 0 Å². The molecule has 0 unspecified atom stereocenters. The number of nitrogens with zero attached hydrogens (tertiary/aromatic N) is 2. The molecule has 0 spiro atoms. The molecule has 1 fully saturated rings. The number of hydrogen-bond donors (Lipinski definition) is 0. The van der Waals surface area contributed by atoms with Gasteiger partial charge >= 0.3 is 0 Å². The summed E-state index contributed by atoms with van der Waals surface area (Å²) in [6, 6.07) is 13.7. The molecule has 0 saturated carbocycles. The fourth-order valence-corrected chi connectivity index (χ4v) is 3.95. The smallest absolute Gasteiger partial charge is 0.253 e. The molecule has 0 bridgehead atoms. The van der Waals surface area contributed by atoms with Gasteiger partial charge in [-0.05, 0) is 62.2 Å².